The van der Waals surface area contributed by atoms with Crippen molar-refractivity contribution in [3.63, 3.8) is 0 Å². The quantitative estimate of drug-likeness (QED) is 0.201. The average Bonchev–Trinajstić information content (AvgIpc) is 2.97. The number of hydrogen-bond donors (Lipinski definition) is 0. The number of carbonyl (C=O) groups is 1. The van der Waals surface area contributed by atoms with Gasteiger partial charge in [0, 0.05) is 24.7 Å². The van der Waals surface area contributed by atoms with Crippen molar-refractivity contribution in [3.05, 3.63) is 89.6 Å². The molecule has 0 aliphatic heterocycles. The van der Waals surface area contributed by atoms with E-state index in [0.717, 1.165) is 41.0 Å². The highest BCUT2D eigenvalue weighted by atomic mass is 16.5. The first kappa shape index (κ1) is 27.7. The summed E-state index contributed by atoms with van der Waals surface area (Å²) in [6, 6.07) is 23.0. The van der Waals surface area contributed by atoms with Gasteiger partial charge in [-0.1, -0.05) is 49.6 Å². The number of nitrogens with zero attached hydrogens (tertiary/aromatic N) is 2. The zero-order chi connectivity index (χ0) is 28.1. The molecule has 0 spiro atoms. The van der Waals surface area contributed by atoms with Gasteiger partial charge < -0.3 is 14.4 Å². The van der Waals surface area contributed by atoms with Gasteiger partial charge in [-0.3, -0.25) is 0 Å². The average molecular weight is 537 g/mol. The van der Waals surface area contributed by atoms with E-state index >= 15 is 0 Å². The summed E-state index contributed by atoms with van der Waals surface area (Å²) in [5.74, 6) is 2.25. The lowest BCUT2D eigenvalue weighted by molar-refractivity contribution is 0.0378. The van der Waals surface area contributed by atoms with E-state index in [1.54, 1.807) is 7.11 Å². The van der Waals surface area contributed by atoms with Crippen LogP contribution in [0.25, 0.3) is 21.9 Å². The molecule has 1 aliphatic carbocycles. The summed E-state index contributed by atoms with van der Waals surface area (Å²) in [5.41, 5.74) is 5.33. The molecule has 1 fully saturated rings. The van der Waals surface area contributed by atoms with Crippen molar-refractivity contribution in [3.8, 4) is 16.9 Å². The molecule has 0 atom stereocenters. The third-order valence-electron chi connectivity index (χ3n) is 7.88. The van der Waals surface area contributed by atoms with Crippen molar-refractivity contribution in [1.82, 2.24) is 4.98 Å². The predicted octanol–water partition coefficient (Wildman–Crippen LogP) is 8.37. The minimum atomic E-state index is -0.290. The first-order valence-corrected chi connectivity index (χ1v) is 14.5. The minimum Gasteiger partial charge on any atom is -0.496 e. The van der Waals surface area contributed by atoms with Gasteiger partial charge in [-0.25, -0.2) is 9.78 Å². The number of pyridine rings is 1. The molecular weight excluding hydrogens is 496 g/mol. The number of aryl methyl sites for hydroxylation is 1. The number of ether oxygens (including phenoxy) is 2. The summed E-state index contributed by atoms with van der Waals surface area (Å²) in [6.07, 6.45) is 8.19. The third-order valence-corrected chi connectivity index (χ3v) is 7.88. The lowest BCUT2D eigenvalue weighted by atomic mass is 9.88. The van der Waals surface area contributed by atoms with Gasteiger partial charge in [0.2, 0.25) is 0 Å². The highest BCUT2D eigenvalue weighted by Crippen LogP contribution is 2.32. The van der Waals surface area contributed by atoms with Crippen LogP contribution >= 0.6 is 0 Å². The Morgan fingerprint density at radius 2 is 1.70 bits per heavy atom. The van der Waals surface area contributed by atoms with Crippen LogP contribution in [0.5, 0.6) is 5.75 Å². The van der Waals surface area contributed by atoms with Crippen LogP contribution in [0.2, 0.25) is 0 Å². The highest BCUT2D eigenvalue weighted by molar-refractivity contribution is 5.99. The van der Waals surface area contributed by atoms with Crippen LogP contribution in [-0.2, 0) is 11.3 Å². The van der Waals surface area contributed by atoms with Gasteiger partial charge in [-0.2, -0.15) is 0 Å². The molecule has 5 rings (SSSR count). The van der Waals surface area contributed by atoms with Crippen molar-refractivity contribution in [2.24, 2.45) is 5.92 Å². The first-order chi connectivity index (χ1) is 19.4. The number of carbonyl (C=O) groups excluding carboxylic acids is 1. The summed E-state index contributed by atoms with van der Waals surface area (Å²) in [4.78, 5) is 19.9. The number of anilines is 1. The van der Waals surface area contributed by atoms with E-state index in [1.165, 1.54) is 48.8 Å². The normalized spacial score (nSPS) is 13.9. The number of aromatic nitrogens is 1. The lowest BCUT2D eigenvalue weighted by Crippen LogP contribution is -2.31. The SMILES string of the molecule is COc1ccc(-c2ccc(CN(CC3CCCCC3)c3nccc4cc(C(=O)OC(C)C)ccc34)cc2)cc1C. The van der Waals surface area contributed by atoms with E-state index in [-0.39, 0.29) is 12.1 Å². The molecule has 0 amide bonds. The van der Waals surface area contributed by atoms with Gasteiger partial charge in [0.05, 0.1) is 18.8 Å². The fourth-order valence-electron chi connectivity index (χ4n) is 5.81. The molecule has 1 aliphatic rings. The third kappa shape index (κ3) is 6.47. The van der Waals surface area contributed by atoms with E-state index in [2.05, 4.69) is 48.2 Å². The van der Waals surface area contributed by atoms with Crippen LogP contribution in [0.4, 0.5) is 5.82 Å². The van der Waals surface area contributed by atoms with Crippen LogP contribution in [-0.4, -0.2) is 30.7 Å². The molecule has 0 N–H and O–H groups in total. The summed E-state index contributed by atoms with van der Waals surface area (Å²) in [7, 11) is 1.71. The number of methoxy groups -OCH3 is 1. The standard InChI is InChI=1S/C35H40N2O3/c1-24(2)40-35(38)31-14-16-32-30(21-31)18-19-36-34(32)37(22-26-8-6-5-7-9-26)23-27-10-12-28(13-11-27)29-15-17-33(39-4)25(3)20-29/h10-21,24,26H,5-9,22-23H2,1-4H3. The maximum atomic E-state index is 12.5. The fourth-order valence-corrected chi connectivity index (χ4v) is 5.81. The lowest BCUT2D eigenvalue weighted by Gasteiger charge is -2.31. The molecule has 0 radical (unpaired) electrons. The number of rotatable bonds is 9. The van der Waals surface area contributed by atoms with Crippen LogP contribution in [0, 0.1) is 12.8 Å². The number of hydrogen-bond acceptors (Lipinski definition) is 5. The zero-order valence-electron chi connectivity index (χ0n) is 24.2. The maximum absolute atomic E-state index is 12.5. The number of esters is 1. The monoisotopic (exact) mass is 536 g/mol. The van der Waals surface area contributed by atoms with Gasteiger partial charge >= 0.3 is 5.97 Å². The second kappa shape index (κ2) is 12.5. The predicted molar refractivity (Wildman–Crippen MR) is 163 cm³/mol. The van der Waals surface area contributed by atoms with Crippen LogP contribution < -0.4 is 9.64 Å². The van der Waals surface area contributed by atoms with Crippen molar-refractivity contribution in [2.45, 2.75) is 65.5 Å². The van der Waals surface area contributed by atoms with Gasteiger partial charge in [-0.05, 0) is 104 Å². The Labute approximate surface area is 238 Å². The Hall–Kier alpha value is -3.86. The summed E-state index contributed by atoms with van der Waals surface area (Å²) in [5, 5.41) is 2.06. The molecule has 0 saturated heterocycles. The van der Waals surface area contributed by atoms with E-state index in [9.17, 15) is 4.79 Å². The molecule has 208 valence electrons. The van der Waals surface area contributed by atoms with Crippen molar-refractivity contribution >= 4 is 22.6 Å². The fraction of sp³-hybridized carbons (Fsp3) is 0.371. The van der Waals surface area contributed by atoms with Crippen molar-refractivity contribution in [1.29, 1.82) is 0 Å². The van der Waals surface area contributed by atoms with Crippen molar-refractivity contribution in [2.75, 3.05) is 18.6 Å². The number of benzene rings is 3. The summed E-state index contributed by atoms with van der Waals surface area (Å²) in [6.45, 7) is 7.57. The molecule has 0 unspecified atom stereocenters. The molecule has 5 nitrogen and oxygen atoms in total. The molecule has 3 aromatic carbocycles. The van der Waals surface area contributed by atoms with Crippen LogP contribution in [0.1, 0.15) is 67.4 Å². The van der Waals surface area contributed by atoms with E-state index in [0.29, 0.717) is 11.5 Å². The van der Waals surface area contributed by atoms with Gasteiger partial charge in [0.25, 0.3) is 0 Å². The first-order valence-electron chi connectivity index (χ1n) is 14.5. The minimum absolute atomic E-state index is 0.151. The Balaban J connectivity index is 1.43. The van der Waals surface area contributed by atoms with Gasteiger partial charge in [0.15, 0.2) is 0 Å². The molecular formula is C35H40N2O3. The van der Waals surface area contributed by atoms with Crippen LogP contribution in [0.15, 0.2) is 72.9 Å². The molecule has 1 heterocycles. The molecule has 40 heavy (non-hydrogen) atoms. The molecule has 5 heteroatoms. The Bertz CT molecular complexity index is 1460. The van der Waals surface area contributed by atoms with E-state index in [1.807, 2.05) is 50.4 Å². The molecule has 0 bridgehead atoms. The Morgan fingerprint density at radius 1 is 0.950 bits per heavy atom. The molecule has 1 aromatic heterocycles. The summed E-state index contributed by atoms with van der Waals surface area (Å²) < 4.78 is 10.9. The van der Waals surface area contributed by atoms with Gasteiger partial charge in [-0.15, -0.1) is 0 Å². The molecule has 1 saturated carbocycles. The second-order valence-electron chi connectivity index (χ2n) is 11.3. The maximum Gasteiger partial charge on any atom is 0.338 e. The topological polar surface area (TPSA) is 51.7 Å². The number of fused-ring (bicyclic) bond motifs is 1. The zero-order valence-corrected chi connectivity index (χ0v) is 24.2. The van der Waals surface area contributed by atoms with E-state index in [4.69, 9.17) is 14.5 Å². The second-order valence-corrected chi connectivity index (χ2v) is 11.3. The van der Waals surface area contributed by atoms with Crippen LogP contribution in [0.3, 0.4) is 0 Å². The van der Waals surface area contributed by atoms with E-state index < -0.39 is 0 Å². The van der Waals surface area contributed by atoms with Gasteiger partial charge in [0.1, 0.15) is 11.6 Å². The largest absolute Gasteiger partial charge is 0.496 e. The Kier molecular flexibility index (Phi) is 8.69. The van der Waals surface area contributed by atoms with Crippen molar-refractivity contribution < 1.29 is 14.3 Å². The highest BCUT2D eigenvalue weighted by Gasteiger charge is 2.21. The smallest absolute Gasteiger partial charge is 0.338 e. The Morgan fingerprint density at radius 3 is 2.40 bits per heavy atom. The molecule has 4 aromatic rings. The summed E-state index contributed by atoms with van der Waals surface area (Å²) >= 11 is 0.